The highest BCUT2D eigenvalue weighted by Crippen LogP contribution is 2.21. The Hall–Kier alpha value is -1.77. The number of ether oxygens (including phenoxy) is 1. The summed E-state index contributed by atoms with van der Waals surface area (Å²) in [6.07, 6.45) is 1.92. The van der Waals surface area contributed by atoms with Gasteiger partial charge in [-0.25, -0.2) is 4.99 Å². The minimum Gasteiger partial charge on any atom is -0.495 e. The zero-order valence-corrected chi connectivity index (χ0v) is 11.7. The van der Waals surface area contributed by atoms with Gasteiger partial charge in [0.25, 0.3) is 0 Å². The van der Waals surface area contributed by atoms with Crippen LogP contribution in [-0.2, 0) is 4.74 Å². The Kier molecular flexibility index (Phi) is 9.80. The van der Waals surface area contributed by atoms with E-state index in [4.69, 9.17) is 4.74 Å². The van der Waals surface area contributed by atoms with Crippen LogP contribution >= 0.6 is 0 Å². The van der Waals surface area contributed by atoms with Gasteiger partial charge in [0, 0.05) is 12.8 Å². The molecular formula is C14H24N2O. The van der Waals surface area contributed by atoms with E-state index in [2.05, 4.69) is 31.3 Å². The van der Waals surface area contributed by atoms with Crippen LogP contribution in [0.4, 0.5) is 0 Å². The molecule has 96 valence electrons. The molecule has 0 aromatic heterocycles. The topological polar surface area (TPSA) is 24.8 Å². The molecule has 1 aliphatic rings. The van der Waals surface area contributed by atoms with Crippen LogP contribution in [-0.4, -0.2) is 24.8 Å². The Morgan fingerprint density at radius 2 is 1.82 bits per heavy atom. The van der Waals surface area contributed by atoms with Gasteiger partial charge >= 0.3 is 0 Å². The molecule has 0 saturated carbocycles. The lowest BCUT2D eigenvalue weighted by atomic mass is 10.2. The lowest BCUT2D eigenvalue weighted by Gasteiger charge is -2.26. The van der Waals surface area contributed by atoms with Gasteiger partial charge in [0.15, 0.2) is 0 Å². The highest BCUT2D eigenvalue weighted by atomic mass is 16.5. The Balaban J connectivity index is 0. The van der Waals surface area contributed by atoms with Crippen LogP contribution in [0.5, 0.6) is 0 Å². The lowest BCUT2D eigenvalue weighted by Crippen LogP contribution is -2.22. The molecule has 1 aliphatic heterocycles. The van der Waals surface area contributed by atoms with Crippen LogP contribution in [0.2, 0.25) is 0 Å². The predicted molar refractivity (Wildman–Crippen MR) is 76.8 cm³/mol. The zero-order valence-electron chi connectivity index (χ0n) is 11.7. The summed E-state index contributed by atoms with van der Waals surface area (Å²) in [4.78, 5) is 6.05. The molecule has 17 heavy (non-hydrogen) atoms. The quantitative estimate of drug-likeness (QED) is 0.539. The maximum Gasteiger partial charge on any atom is 0.135 e. The SMILES string of the molecule is C=C.C=C(OC)C1=CC(C)=NC(=C)N1C.CC. The predicted octanol–water partition coefficient (Wildman–Crippen LogP) is 3.74. The van der Waals surface area contributed by atoms with Gasteiger partial charge < -0.3 is 9.64 Å². The smallest absolute Gasteiger partial charge is 0.135 e. The van der Waals surface area contributed by atoms with E-state index in [0.717, 1.165) is 11.4 Å². The largest absolute Gasteiger partial charge is 0.495 e. The third-order valence-electron chi connectivity index (χ3n) is 1.93. The molecular weight excluding hydrogens is 212 g/mol. The van der Waals surface area contributed by atoms with Crippen LogP contribution in [0.1, 0.15) is 20.8 Å². The second-order valence-corrected chi connectivity index (χ2v) is 2.89. The van der Waals surface area contributed by atoms with E-state index in [0.29, 0.717) is 11.6 Å². The van der Waals surface area contributed by atoms with Crippen molar-refractivity contribution in [2.75, 3.05) is 14.2 Å². The number of hydrogen-bond acceptors (Lipinski definition) is 3. The summed E-state index contributed by atoms with van der Waals surface area (Å²) in [5.41, 5.74) is 1.82. The fourth-order valence-electron chi connectivity index (χ4n) is 1.12. The molecule has 0 fully saturated rings. The summed E-state index contributed by atoms with van der Waals surface area (Å²) in [6, 6.07) is 0. The molecule has 3 heteroatoms. The summed E-state index contributed by atoms with van der Waals surface area (Å²) in [5.74, 6) is 1.33. The normalized spacial score (nSPS) is 13.2. The Bertz CT molecular complexity index is 327. The Labute approximate surface area is 105 Å². The molecule has 3 nitrogen and oxygen atoms in total. The second-order valence-electron chi connectivity index (χ2n) is 2.89. The van der Waals surface area contributed by atoms with Crippen LogP contribution < -0.4 is 0 Å². The monoisotopic (exact) mass is 236 g/mol. The van der Waals surface area contributed by atoms with Crippen molar-refractivity contribution in [2.45, 2.75) is 20.8 Å². The van der Waals surface area contributed by atoms with E-state index in [9.17, 15) is 0 Å². The summed E-state index contributed by atoms with van der Waals surface area (Å²) < 4.78 is 5.06. The number of methoxy groups -OCH3 is 1. The van der Waals surface area contributed by atoms with Crippen molar-refractivity contribution in [1.82, 2.24) is 4.90 Å². The van der Waals surface area contributed by atoms with Crippen molar-refractivity contribution in [3.63, 3.8) is 0 Å². The van der Waals surface area contributed by atoms with E-state index in [1.54, 1.807) is 7.11 Å². The lowest BCUT2D eigenvalue weighted by molar-refractivity contribution is 0.281. The first kappa shape index (κ1) is 17.6. The first-order valence-electron chi connectivity index (χ1n) is 5.49. The van der Waals surface area contributed by atoms with Crippen LogP contribution in [0, 0.1) is 0 Å². The maximum atomic E-state index is 5.06. The average Bonchev–Trinajstić information content (AvgIpc) is 2.37. The fraction of sp³-hybridized carbons (Fsp3) is 0.357. The van der Waals surface area contributed by atoms with E-state index in [1.807, 2.05) is 38.8 Å². The van der Waals surface area contributed by atoms with Crippen molar-refractivity contribution in [2.24, 2.45) is 4.99 Å². The molecule has 0 atom stereocenters. The van der Waals surface area contributed by atoms with Crippen LogP contribution in [0.15, 0.2) is 54.7 Å². The molecule has 0 spiro atoms. The molecule has 0 saturated heterocycles. The number of hydrogen-bond donors (Lipinski definition) is 0. The molecule has 1 rings (SSSR count). The minimum atomic E-state index is 0.623. The maximum absolute atomic E-state index is 5.06. The van der Waals surface area contributed by atoms with Crippen molar-refractivity contribution < 1.29 is 4.74 Å². The van der Waals surface area contributed by atoms with Crippen molar-refractivity contribution in [3.8, 4) is 0 Å². The number of nitrogens with zero attached hydrogens (tertiary/aromatic N) is 2. The molecule has 0 unspecified atom stereocenters. The molecule has 0 radical (unpaired) electrons. The van der Waals surface area contributed by atoms with E-state index < -0.39 is 0 Å². The highest BCUT2D eigenvalue weighted by molar-refractivity contribution is 5.95. The Morgan fingerprint density at radius 1 is 1.35 bits per heavy atom. The van der Waals surface area contributed by atoms with Crippen molar-refractivity contribution in [1.29, 1.82) is 0 Å². The number of allylic oxidation sites excluding steroid dienone is 1. The number of aliphatic imine (C=N–C) groups is 1. The van der Waals surface area contributed by atoms with E-state index in [-0.39, 0.29) is 0 Å². The molecule has 0 bridgehead atoms. The molecule has 1 heterocycles. The Morgan fingerprint density at radius 3 is 2.24 bits per heavy atom. The zero-order chi connectivity index (χ0) is 14.0. The second kappa shape index (κ2) is 9.46. The molecule has 0 N–H and O–H groups in total. The van der Waals surface area contributed by atoms with Crippen LogP contribution in [0.3, 0.4) is 0 Å². The van der Waals surface area contributed by atoms with Gasteiger partial charge in [0.05, 0.1) is 12.8 Å². The van der Waals surface area contributed by atoms with E-state index >= 15 is 0 Å². The first-order valence-corrected chi connectivity index (χ1v) is 5.49. The molecule has 0 amide bonds. The average molecular weight is 236 g/mol. The van der Waals surface area contributed by atoms with Crippen molar-refractivity contribution >= 4 is 5.71 Å². The van der Waals surface area contributed by atoms with Gasteiger partial charge in [0.1, 0.15) is 11.6 Å². The van der Waals surface area contributed by atoms with Crippen molar-refractivity contribution in [3.05, 3.63) is 49.7 Å². The third-order valence-corrected chi connectivity index (χ3v) is 1.93. The van der Waals surface area contributed by atoms with Gasteiger partial charge in [-0.05, 0) is 13.0 Å². The van der Waals surface area contributed by atoms with Gasteiger partial charge in [0.2, 0.25) is 0 Å². The van der Waals surface area contributed by atoms with Gasteiger partial charge in [-0.2, -0.15) is 0 Å². The summed E-state index contributed by atoms with van der Waals surface area (Å²) in [6.45, 7) is 19.5. The number of likely N-dealkylation sites (N-methyl/N-ethyl adjacent to an activating group) is 1. The summed E-state index contributed by atoms with van der Waals surface area (Å²) >= 11 is 0. The first-order chi connectivity index (χ1) is 8.06. The molecule has 0 aromatic rings. The minimum absolute atomic E-state index is 0.623. The van der Waals surface area contributed by atoms with Gasteiger partial charge in [-0.3, -0.25) is 0 Å². The van der Waals surface area contributed by atoms with Gasteiger partial charge in [-0.15, -0.1) is 13.2 Å². The third kappa shape index (κ3) is 5.20. The molecule has 0 aliphatic carbocycles. The van der Waals surface area contributed by atoms with E-state index in [1.165, 1.54) is 0 Å². The highest BCUT2D eigenvalue weighted by Gasteiger charge is 2.15. The summed E-state index contributed by atoms with van der Waals surface area (Å²) in [5, 5.41) is 0. The standard InChI is InChI=1S/C10H14N2O.C2H6.C2H4/c1-7-6-10(8(2)13-5)12(4)9(3)11-7;2*1-2/h6H,2-3H2,1,4-5H3;1-2H3;1-2H2. The van der Waals surface area contributed by atoms with Gasteiger partial charge in [-0.1, -0.05) is 27.0 Å². The molecule has 0 aromatic carbocycles. The fourth-order valence-corrected chi connectivity index (χ4v) is 1.12. The van der Waals surface area contributed by atoms with Crippen LogP contribution in [0.25, 0.3) is 0 Å². The summed E-state index contributed by atoms with van der Waals surface area (Å²) in [7, 11) is 3.48. The number of rotatable bonds is 2.